The highest BCUT2D eigenvalue weighted by atomic mass is 35.5. The van der Waals surface area contributed by atoms with E-state index in [-0.39, 0.29) is 11.8 Å². The number of rotatable bonds is 0. The summed E-state index contributed by atoms with van der Waals surface area (Å²) in [5, 5.41) is 3.82. The number of fused-ring (bicyclic) bond motifs is 2. The molecular formula is C16H21ClN2O5S. The average molecular weight is 389 g/mol. The van der Waals surface area contributed by atoms with Crippen LogP contribution < -0.4 is 10.1 Å². The van der Waals surface area contributed by atoms with Gasteiger partial charge in [-0.15, -0.1) is 0 Å². The van der Waals surface area contributed by atoms with Crippen molar-refractivity contribution in [2.75, 3.05) is 26.4 Å². The maximum atomic E-state index is 12.1. The molecule has 4 rings (SSSR count). The number of ether oxygens (including phenoxy) is 1. The number of carbonyl (C=O) groups is 1. The van der Waals surface area contributed by atoms with E-state index in [9.17, 15) is 13.2 Å². The second-order valence-electron chi connectivity index (χ2n) is 6.88. The van der Waals surface area contributed by atoms with Crippen LogP contribution in [0.3, 0.4) is 0 Å². The third-order valence-electron chi connectivity index (χ3n) is 4.88. The molecule has 0 saturated carbocycles. The molecule has 3 aliphatic rings. The molecule has 0 spiro atoms. The van der Waals surface area contributed by atoms with E-state index >= 15 is 0 Å². The van der Waals surface area contributed by atoms with Gasteiger partial charge in [0.2, 0.25) is 5.91 Å². The van der Waals surface area contributed by atoms with Crippen LogP contribution in [0.1, 0.15) is 24.3 Å². The van der Waals surface area contributed by atoms with Crippen molar-refractivity contribution in [3.8, 4) is 5.75 Å². The van der Waals surface area contributed by atoms with Crippen LogP contribution >= 0.6 is 11.6 Å². The monoisotopic (exact) mass is 388 g/mol. The number of halogens is 1. The van der Waals surface area contributed by atoms with Gasteiger partial charge in [0.15, 0.2) is 5.72 Å². The molecule has 3 heterocycles. The Balaban J connectivity index is 0.000000324. The SMILES string of the molecule is CN1CCC23NC(=O)CC(c4cc(Cl)ccc4O2)C3C1.CS(=O)(=O)O. The number of benzene rings is 1. The summed E-state index contributed by atoms with van der Waals surface area (Å²) in [5.41, 5.74) is 0.566. The first-order valence-corrected chi connectivity index (χ1v) is 10.2. The molecule has 3 aliphatic heterocycles. The van der Waals surface area contributed by atoms with Crippen LogP contribution in [0, 0.1) is 5.92 Å². The van der Waals surface area contributed by atoms with E-state index in [0.717, 1.165) is 30.8 Å². The molecule has 7 nitrogen and oxygen atoms in total. The summed E-state index contributed by atoms with van der Waals surface area (Å²) in [7, 11) is -1.54. The number of nitrogens with zero attached hydrogens (tertiary/aromatic N) is 1. The second-order valence-corrected chi connectivity index (χ2v) is 8.79. The highest BCUT2D eigenvalue weighted by Crippen LogP contribution is 2.51. The molecule has 2 saturated heterocycles. The Bertz CT molecular complexity index is 792. The minimum Gasteiger partial charge on any atom is -0.467 e. The van der Waals surface area contributed by atoms with E-state index in [1.807, 2.05) is 18.2 Å². The van der Waals surface area contributed by atoms with Gasteiger partial charge in [-0.1, -0.05) is 11.6 Å². The summed E-state index contributed by atoms with van der Waals surface area (Å²) in [5.74, 6) is 1.46. The highest BCUT2D eigenvalue weighted by Gasteiger charge is 2.56. The fourth-order valence-electron chi connectivity index (χ4n) is 3.93. The Hall–Kier alpha value is -1.35. The lowest BCUT2D eigenvalue weighted by Gasteiger charge is -2.55. The Kier molecular flexibility index (Phi) is 4.74. The van der Waals surface area contributed by atoms with E-state index in [2.05, 4.69) is 17.3 Å². The zero-order valence-electron chi connectivity index (χ0n) is 14.0. The lowest BCUT2D eigenvalue weighted by molar-refractivity contribution is -0.152. The van der Waals surface area contributed by atoms with Gasteiger partial charge in [0.05, 0.1) is 6.26 Å². The summed E-state index contributed by atoms with van der Waals surface area (Å²) in [4.78, 5) is 14.4. The molecule has 0 aliphatic carbocycles. The minimum atomic E-state index is -3.67. The zero-order valence-corrected chi connectivity index (χ0v) is 15.6. The predicted molar refractivity (Wildman–Crippen MR) is 93.4 cm³/mol. The van der Waals surface area contributed by atoms with Crippen molar-refractivity contribution in [3.63, 3.8) is 0 Å². The standard InChI is InChI=1S/C15H17ClN2O2.CH4O3S/c1-18-5-4-15-12(8-18)10(7-14(19)17-15)11-6-9(16)2-3-13(11)20-15;1-5(2,3)4/h2-3,6,10,12H,4-5,7-8H2,1H3,(H,17,19);1H3,(H,2,3,4). The largest absolute Gasteiger partial charge is 0.467 e. The smallest absolute Gasteiger partial charge is 0.261 e. The maximum Gasteiger partial charge on any atom is 0.261 e. The summed E-state index contributed by atoms with van der Waals surface area (Å²) in [6.45, 7) is 1.88. The van der Waals surface area contributed by atoms with E-state index in [1.165, 1.54) is 0 Å². The summed E-state index contributed by atoms with van der Waals surface area (Å²) >= 11 is 6.13. The summed E-state index contributed by atoms with van der Waals surface area (Å²) in [6.07, 6.45) is 2.07. The van der Waals surface area contributed by atoms with Crippen LogP contribution in [-0.2, 0) is 14.9 Å². The molecule has 3 unspecified atom stereocenters. The van der Waals surface area contributed by atoms with Gasteiger partial charge in [0, 0.05) is 42.8 Å². The summed E-state index contributed by atoms with van der Waals surface area (Å²) < 4.78 is 32.1. The van der Waals surface area contributed by atoms with Crippen LogP contribution in [-0.4, -0.2) is 55.9 Å². The fourth-order valence-corrected chi connectivity index (χ4v) is 4.11. The van der Waals surface area contributed by atoms with Crippen LogP contribution in [0.15, 0.2) is 18.2 Å². The molecule has 2 fully saturated rings. The molecule has 25 heavy (non-hydrogen) atoms. The molecule has 0 aromatic heterocycles. The first-order chi connectivity index (χ1) is 11.6. The number of nitrogens with one attached hydrogen (secondary N) is 1. The van der Waals surface area contributed by atoms with Gasteiger partial charge in [-0.25, -0.2) is 0 Å². The Morgan fingerprint density at radius 3 is 2.80 bits per heavy atom. The zero-order chi connectivity index (χ0) is 18.4. The Labute approximate surface area is 152 Å². The molecule has 3 atom stereocenters. The van der Waals surface area contributed by atoms with Crippen molar-refractivity contribution in [1.82, 2.24) is 10.2 Å². The molecule has 138 valence electrons. The predicted octanol–water partition coefficient (Wildman–Crippen LogP) is 1.49. The van der Waals surface area contributed by atoms with E-state index in [1.54, 1.807) is 0 Å². The molecular weight excluding hydrogens is 368 g/mol. The Morgan fingerprint density at radius 2 is 2.12 bits per heavy atom. The third-order valence-corrected chi connectivity index (χ3v) is 5.11. The quantitative estimate of drug-likeness (QED) is 0.654. The number of carbonyl (C=O) groups excluding carboxylic acids is 1. The maximum absolute atomic E-state index is 12.1. The van der Waals surface area contributed by atoms with Gasteiger partial charge in [-0.05, 0) is 30.8 Å². The van der Waals surface area contributed by atoms with Crippen LogP contribution in [0.4, 0.5) is 0 Å². The first-order valence-electron chi connectivity index (χ1n) is 7.98. The molecule has 2 N–H and O–H groups in total. The van der Waals surface area contributed by atoms with Gasteiger partial charge < -0.3 is 15.0 Å². The third kappa shape index (κ3) is 3.92. The number of hydrogen-bond donors (Lipinski definition) is 2. The molecule has 2 bridgehead atoms. The lowest BCUT2D eigenvalue weighted by Crippen LogP contribution is -2.69. The average Bonchev–Trinajstić information content (AvgIpc) is 2.46. The molecule has 1 aromatic carbocycles. The summed E-state index contributed by atoms with van der Waals surface area (Å²) in [6, 6.07) is 5.74. The van der Waals surface area contributed by atoms with Crippen molar-refractivity contribution in [2.24, 2.45) is 5.92 Å². The van der Waals surface area contributed by atoms with Crippen LogP contribution in [0.2, 0.25) is 5.02 Å². The minimum absolute atomic E-state index is 0.0847. The molecule has 1 aromatic rings. The van der Waals surface area contributed by atoms with Crippen molar-refractivity contribution in [1.29, 1.82) is 0 Å². The van der Waals surface area contributed by atoms with Crippen molar-refractivity contribution >= 4 is 27.6 Å². The number of piperidine rings is 2. The van der Waals surface area contributed by atoms with E-state index < -0.39 is 15.8 Å². The van der Waals surface area contributed by atoms with Crippen molar-refractivity contribution in [3.05, 3.63) is 28.8 Å². The normalized spacial score (nSPS) is 30.8. The Morgan fingerprint density at radius 1 is 1.44 bits per heavy atom. The molecule has 0 radical (unpaired) electrons. The second kappa shape index (κ2) is 6.42. The van der Waals surface area contributed by atoms with Gasteiger partial charge in [-0.2, -0.15) is 8.42 Å². The number of likely N-dealkylation sites (tertiary alicyclic amines) is 1. The van der Waals surface area contributed by atoms with E-state index in [0.29, 0.717) is 23.6 Å². The number of amides is 1. The van der Waals surface area contributed by atoms with Crippen molar-refractivity contribution < 1.29 is 22.5 Å². The van der Waals surface area contributed by atoms with E-state index in [4.69, 9.17) is 20.9 Å². The first kappa shape index (κ1) is 18.4. The highest BCUT2D eigenvalue weighted by molar-refractivity contribution is 7.85. The fraction of sp³-hybridized carbons (Fsp3) is 0.562. The van der Waals surface area contributed by atoms with Gasteiger partial charge >= 0.3 is 0 Å². The van der Waals surface area contributed by atoms with Gasteiger partial charge in [-0.3, -0.25) is 9.35 Å². The lowest BCUT2D eigenvalue weighted by atomic mass is 9.69. The van der Waals surface area contributed by atoms with Crippen LogP contribution in [0.25, 0.3) is 0 Å². The van der Waals surface area contributed by atoms with Gasteiger partial charge in [0.1, 0.15) is 5.75 Å². The molecule has 9 heteroatoms. The van der Waals surface area contributed by atoms with Crippen molar-refractivity contribution in [2.45, 2.75) is 24.5 Å². The van der Waals surface area contributed by atoms with Crippen LogP contribution in [0.5, 0.6) is 5.75 Å². The molecule has 1 amide bonds. The van der Waals surface area contributed by atoms with Gasteiger partial charge in [0.25, 0.3) is 10.1 Å². The topological polar surface area (TPSA) is 95.9 Å². The number of hydrogen-bond acceptors (Lipinski definition) is 5.